The van der Waals surface area contributed by atoms with Crippen molar-refractivity contribution in [3.05, 3.63) is 53.6 Å². The molecule has 0 atom stereocenters. The number of fused-ring (bicyclic) bond motifs is 1. The Hall–Kier alpha value is -3.13. The summed E-state index contributed by atoms with van der Waals surface area (Å²) >= 11 is 1.32. The Bertz CT molecular complexity index is 1110. The summed E-state index contributed by atoms with van der Waals surface area (Å²) in [5.41, 5.74) is 3.15. The first-order chi connectivity index (χ1) is 14.4. The third-order valence-electron chi connectivity index (χ3n) is 4.43. The van der Waals surface area contributed by atoms with Gasteiger partial charge in [0.1, 0.15) is 0 Å². The fourth-order valence-corrected chi connectivity index (χ4v) is 3.89. The Morgan fingerprint density at radius 2 is 1.90 bits per heavy atom. The maximum Gasteiger partial charge on any atom is 0.338 e. The summed E-state index contributed by atoms with van der Waals surface area (Å²) in [5, 5.41) is 3.50. The molecular formula is C22H23N3O4S. The van der Waals surface area contributed by atoms with Crippen LogP contribution in [-0.4, -0.2) is 39.6 Å². The molecule has 0 aliphatic carbocycles. The van der Waals surface area contributed by atoms with Crippen molar-refractivity contribution in [2.75, 3.05) is 17.7 Å². The smallest absolute Gasteiger partial charge is 0.338 e. The van der Waals surface area contributed by atoms with Crippen LogP contribution in [0.15, 0.2) is 47.6 Å². The van der Waals surface area contributed by atoms with E-state index in [9.17, 15) is 14.4 Å². The quantitative estimate of drug-likeness (QED) is 0.331. The SMILES string of the molecule is CCOC(=O)c1ccc2c(c1)nc(SCC(=O)Nc1cccc(C(C)=O)c1)n2CC. The lowest BCUT2D eigenvalue weighted by molar-refractivity contribution is -0.113. The van der Waals surface area contributed by atoms with Gasteiger partial charge < -0.3 is 14.6 Å². The van der Waals surface area contributed by atoms with Crippen molar-refractivity contribution in [1.29, 1.82) is 0 Å². The van der Waals surface area contributed by atoms with Gasteiger partial charge in [-0.1, -0.05) is 23.9 Å². The molecule has 0 spiro atoms. The van der Waals surface area contributed by atoms with Crippen LogP contribution in [0.2, 0.25) is 0 Å². The molecule has 0 saturated heterocycles. The first kappa shape index (κ1) is 21.6. The van der Waals surface area contributed by atoms with E-state index in [1.165, 1.54) is 18.7 Å². The molecule has 7 nitrogen and oxygen atoms in total. The number of hydrogen-bond donors (Lipinski definition) is 1. The Morgan fingerprint density at radius 1 is 1.10 bits per heavy atom. The summed E-state index contributed by atoms with van der Waals surface area (Å²) < 4.78 is 7.04. The number of esters is 1. The van der Waals surface area contributed by atoms with E-state index in [1.54, 1.807) is 43.3 Å². The van der Waals surface area contributed by atoms with E-state index in [1.807, 2.05) is 17.6 Å². The molecule has 1 N–H and O–H groups in total. The number of ketones is 1. The van der Waals surface area contributed by atoms with Gasteiger partial charge in [0.2, 0.25) is 5.91 Å². The molecule has 30 heavy (non-hydrogen) atoms. The molecule has 0 radical (unpaired) electrons. The summed E-state index contributed by atoms with van der Waals surface area (Å²) in [6.07, 6.45) is 0. The predicted octanol–water partition coefficient (Wildman–Crippen LogP) is 4.17. The van der Waals surface area contributed by atoms with E-state index in [-0.39, 0.29) is 23.4 Å². The van der Waals surface area contributed by atoms with Gasteiger partial charge in [0, 0.05) is 17.8 Å². The second-order valence-corrected chi connectivity index (χ2v) is 7.48. The first-order valence-corrected chi connectivity index (χ1v) is 10.6. The lowest BCUT2D eigenvalue weighted by atomic mass is 10.1. The number of imidazole rings is 1. The second kappa shape index (κ2) is 9.58. The van der Waals surface area contributed by atoms with Crippen LogP contribution in [0.5, 0.6) is 0 Å². The number of benzene rings is 2. The Balaban J connectivity index is 1.73. The number of carbonyl (C=O) groups excluding carboxylic acids is 3. The molecule has 0 unspecified atom stereocenters. The van der Waals surface area contributed by atoms with E-state index in [0.717, 1.165) is 5.52 Å². The van der Waals surface area contributed by atoms with Crippen LogP contribution in [0.1, 0.15) is 41.5 Å². The van der Waals surface area contributed by atoms with Crippen LogP contribution in [0.4, 0.5) is 5.69 Å². The Kier molecular flexibility index (Phi) is 6.89. The number of ether oxygens (including phenoxy) is 1. The third kappa shape index (κ3) is 4.88. The van der Waals surface area contributed by atoms with Crippen LogP contribution in [0, 0.1) is 0 Å². The summed E-state index contributed by atoms with van der Waals surface area (Å²) in [6, 6.07) is 12.1. The topological polar surface area (TPSA) is 90.3 Å². The van der Waals surface area contributed by atoms with Gasteiger partial charge in [0.15, 0.2) is 10.9 Å². The number of nitrogens with zero attached hydrogens (tertiary/aromatic N) is 2. The molecule has 156 valence electrons. The predicted molar refractivity (Wildman–Crippen MR) is 117 cm³/mol. The monoisotopic (exact) mass is 425 g/mol. The Labute approximate surface area is 178 Å². The molecule has 1 aromatic heterocycles. The zero-order valence-electron chi connectivity index (χ0n) is 17.1. The molecule has 2 aromatic carbocycles. The number of aromatic nitrogens is 2. The van der Waals surface area contributed by atoms with Crippen LogP contribution in [-0.2, 0) is 16.1 Å². The highest BCUT2D eigenvalue weighted by atomic mass is 32.2. The standard InChI is InChI=1S/C22H23N3O4S/c1-4-25-19-10-9-16(21(28)29-5-2)12-18(19)24-22(25)30-13-20(27)23-17-8-6-7-15(11-17)14(3)26/h6-12H,4-5,13H2,1-3H3,(H,23,27). The van der Waals surface area contributed by atoms with Crippen molar-refractivity contribution >= 4 is 46.1 Å². The largest absolute Gasteiger partial charge is 0.462 e. The summed E-state index contributed by atoms with van der Waals surface area (Å²) in [4.78, 5) is 40.4. The minimum atomic E-state index is -0.383. The number of hydrogen-bond acceptors (Lipinski definition) is 6. The van der Waals surface area contributed by atoms with Crippen molar-refractivity contribution in [3.63, 3.8) is 0 Å². The summed E-state index contributed by atoms with van der Waals surface area (Å²) in [6.45, 7) is 6.24. The number of amides is 1. The van der Waals surface area contributed by atoms with Crippen LogP contribution in [0.3, 0.4) is 0 Å². The summed E-state index contributed by atoms with van der Waals surface area (Å²) in [7, 11) is 0. The highest BCUT2D eigenvalue weighted by molar-refractivity contribution is 7.99. The van der Waals surface area contributed by atoms with Gasteiger partial charge in [-0.2, -0.15) is 0 Å². The van der Waals surface area contributed by atoms with Gasteiger partial charge in [0.25, 0.3) is 0 Å². The van der Waals surface area contributed by atoms with Crippen LogP contribution in [0.25, 0.3) is 11.0 Å². The van der Waals surface area contributed by atoms with Crippen molar-refractivity contribution in [2.24, 2.45) is 0 Å². The van der Waals surface area contributed by atoms with Crippen molar-refractivity contribution in [2.45, 2.75) is 32.5 Å². The van der Waals surface area contributed by atoms with Crippen LogP contribution < -0.4 is 5.32 Å². The molecular weight excluding hydrogens is 402 g/mol. The summed E-state index contributed by atoms with van der Waals surface area (Å²) in [5.74, 6) is -0.466. The van der Waals surface area contributed by atoms with Gasteiger partial charge in [0.05, 0.1) is 29.0 Å². The number of anilines is 1. The maximum absolute atomic E-state index is 12.4. The minimum Gasteiger partial charge on any atom is -0.462 e. The fourth-order valence-electron chi connectivity index (χ4n) is 3.01. The van der Waals surface area contributed by atoms with E-state index in [4.69, 9.17) is 4.74 Å². The first-order valence-electron chi connectivity index (χ1n) is 9.64. The highest BCUT2D eigenvalue weighted by Crippen LogP contribution is 2.25. The zero-order valence-corrected chi connectivity index (χ0v) is 17.9. The zero-order chi connectivity index (χ0) is 21.7. The highest BCUT2D eigenvalue weighted by Gasteiger charge is 2.15. The van der Waals surface area contributed by atoms with E-state index < -0.39 is 0 Å². The molecule has 1 heterocycles. The van der Waals surface area contributed by atoms with E-state index in [2.05, 4.69) is 10.3 Å². The minimum absolute atomic E-state index is 0.0562. The lowest BCUT2D eigenvalue weighted by Gasteiger charge is -2.07. The second-order valence-electron chi connectivity index (χ2n) is 6.54. The molecule has 0 fully saturated rings. The van der Waals surface area contributed by atoms with Crippen molar-refractivity contribution in [3.8, 4) is 0 Å². The third-order valence-corrected chi connectivity index (χ3v) is 5.40. The molecule has 0 aliphatic heterocycles. The number of nitrogens with one attached hydrogen (secondary N) is 1. The number of thioether (sulfide) groups is 1. The van der Waals surface area contributed by atoms with E-state index >= 15 is 0 Å². The average Bonchev–Trinajstić information content (AvgIpc) is 3.09. The lowest BCUT2D eigenvalue weighted by Crippen LogP contribution is -2.15. The molecule has 0 bridgehead atoms. The van der Waals surface area contributed by atoms with Gasteiger partial charge in [-0.3, -0.25) is 9.59 Å². The number of carbonyl (C=O) groups is 3. The van der Waals surface area contributed by atoms with Crippen molar-refractivity contribution in [1.82, 2.24) is 9.55 Å². The van der Waals surface area contributed by atoms with Crippen molar-refractivity contribution < 1.29 is 19.1 Å². The van der Waals surface area contributed by atoms with Gasteiger partial charge in [-0.05, 0) is 51.1 Å². The normalized spacial score (nSPS) is 10.8. The molecule has 0 aliphatic rings. The van der Waals surface area contributed by atoms with Crippen LogP contribution >= 0.6 is 11.8 Å². The number of aryl methyl sites for hydroxylation is 1. The maximum atomic E-state index is 12.4. The molecule has 8 heteroatoms. The Morgan fingerprint density at radius 3 is 2.60 bits per heavy atom. The van der Waals surface area contributed by atoms with Gasteiger partial charge in [-0.15, -0.1) is 0 Å². The number of rotatable bonds is 8. The van der Waals surface area contributed by atoms with E-state index in [0.29, 0.717) is 40.6 Å². The molecule has 3 rings (SSSR count). The average molecular weight is 426 g/mol. The van der Waals surface area contributed by atoms with Gasteiger partial charge in [-0.25, -0.2) is 9.78 Å². The molecule has 3 aromatic rings. The number of Topliss-reactive ketones (excluding diaryl/α,β-unsaturated/α-hetero) is 1. The molecule has 0 saturated carbocycles. The van der Waals surface area contributed by atoms with Gasteiger partial charge >= 0.3 is 5.97 Å². The fraction of sp³-hybridized carbons (Fsp3) is 0.273. The molecule has 1 amide bonds.